The van der Waals surface area contributed by atoms with Crippen LogP contribution < -0.4 is 5.32 Å². The van der Waals surface area contributed by atoms with E-state index in [1.165, 1.54) is 37.3 Å². The normalized spacial score (nSPS) is 10.2. The Morgan fingerprint density at radius 1 is 1.00 bits per heavy atom. The minimum Gasteiger partial charge on any atom is -0.355 e. The monoisotopic (exact) mass is 247 g/mol. The van der Waals surface area contributed by atoms with E-state index in [-0.39, 0.29) is 17.2 Å². The van der Waals surface area contributed by atoms with Gasteiger partial charge in [-0.15, -0.1) is 0 Å². The Bertz CT molecular complexity index is 596. The minimum absolute atomic E-state index is 0.225. The van der Waals surface area contributed by atoms with Crippen molar-refractivity contribution >= 4 is 17.2 Å². The molecule has 0 heterocycles. The Hall–Kier alpha value is -2.23. The first-order chi connectivity index (χ1) is 8.54. The van der Waals surface area contributed by atoms with E-state index >= 15 is 0 Å². The molecule has 2 aromatic rings. The van der Waals surface area contributed by atoms with Crippen molar-refractivity contribution in [1.82, 2.24) is 0 Å². The molecule has 2 rings (SSSR count). The predicted octanol–water partition coefficient (Wildman–Crippen LogP) is 3.91. The molecule has 0 bridgehead atoms. The zero-order valence-corrected chi connectivity index (χ0v) is 9.71. The molecule has 2 aromatic carbocycles. The van der Waals surface area contributed by atoms with Gasteiger partial charge in [-0.1, -0.05) is 6.07 Å². The molecule has 0 aliphatic rings. The molecule has 1 N–H and O–H groups in total. The van der Waals surface area contributed by atoms with Gasteiger partial charge in [0.2, 0.25) is 0 Å². The molecule has 0 radical (unpaired) electrons. The number of carbonyl (C=O) groups excluding carboxylic acids is 1. The molecule has 0 aliphatic carbocycles. The SMILES string of the molecule is CC(=O)c1cc(F)cc(Nc2cccc(F)c2)c1. The van der Waals surface area contributed by atoms with Crippen molar-refractivity contribution in [2.45, 2.75) is 6.92 Å². The summed E-state index contributed by atoms with van der Waals surface area (Å²) in [6.45, 7) is 1.36. The molecule has 0 aromatic heterocycles. The molecular weight excluding hydrogens is 236 g/mol. The van der Waals surface area contributed by atoms with E-state index in [0.717, 1.165) is 0 Å². The van der Waals surface area contributed by atoms with Crippen LogP contribution in [0.3, 0.4) is 0 Å². The number of carbonyl (C=O) groups is 1. The Morgan fingerprint density at radius 3 is 2.39 bits per heavy atom. The van der Waals surface area contributed by atoms with Crippen LogP contribution in [-0.2, 0) is 0 Å². The summed E-state index contributed by atoms with van der Waals surface area (Å²) >= 11 is 0. The highest BCUT2D eigenvalue weighted by Crippen LogP contribution is 2.20. The average Bonchev–Trinajstić information content (AvgIpc) is 2.28. The Labute approximate surface area is 103 Å². The lowest BCUT2D eigenvalue weighted by molar-refractivity contribution is 0.101. The van der Waals surface area contributed by atoms with Crippen LogP contribution in [0.15, 0.2) is 42.5 Å². The van der Waals surface area contributed by atoms with Gasteiger partial charge in [-0.05, 0) is 43.3 Å². The fourth-order valence-electron chi connectivity index (χ4n) is 1.60. The minimum atomic E-state index is -0.512. The maximum absolute atomic E-state index is 13.3. The summed E-state index contributed by atoms with van der Waals surface area (Å²) in [4.78, 5) is 11.2. The highest BCUT2D eigenvalue weighted by molar-refractivity contribution is 5.95. The van der Waals surface area contributed by atoms with Crippen molar-refractivity contribution in [3.63, 3.8) is 0 Å². The summed E-state index contributed by atoms with van der Waals surface area (Å²) in [5.74, 6) is -1.12. The van der Waals surface area contributed by atoms with Gasteiger partial charge < -0.3 is 5.32 Å². The van der Waals surface area contributed by atoms with Crippen LogP contribution in [0.1, 0.15) is 17.3 Å². The van der Waals surface area contributed by atoms with E-state index in [1.807, 2.05) is 0 Å². The van der Waals surface area contributed by atoms with Crippen LogP contribution in [0, 0.1) is 11.6 Å². The summed E-state index contributed by atoms with van der Waals surface area (Å²) in [6.07, 6.45) is 0. The summed E-state index contributed by atoms with van der Waals surface area (Å²) in [5, 5.41) is 2.85. The van der Waals surface area contributed by atoms with E-state index in [1.54, 1.807) is 12.1 Å². The fourth-order valence-corrected chi connectivity index (χ4v) is 1.60. The second-order valence-electron chi connectivity index (χ2n) is 3.92. The number of hydrogen-bond donors (Lipinski definition) is 1. The highest BCUT2D eigenvalue weighted by atomic mass is 19.1. The van der Waals surface area contributed by atoms with E-state index < -0.39 is 5.82 Å². The van der Waals surface area contributed by atoms with Gasteiger partial charge in [-0.2, -0.15) is 0 Å². The molecule has 0 saturated heterocycles. The smallest absolute Gasteiger partial charge is 0.159 e. The third kappa shape index (κ3) is 2.91. The van der Waals surface area contributed by atoms with Crippen molar-refractivity contribution in [3.05, 3.63) is 59.7 Å². The summed E-state index contributed by atoms with van der Waals surface area (Å²) in [5.41, 5.74) is 1.18. The highest BCUT2D eigenvalue weighted by Gasteiger charge is 2.05. The van der Waals surface area contributed by atoms with Crippen molar-refractivity contribution in [3.8, 4) is 0 Å². The zero-order valence-electron chi connectivity index (χ0n) is 9.71. The second kappa shape index (κ2) is 4.96. The Morgan fingerprint density at radius 2 is 1.72 bits per heavy atom. The largest absolute Gasteiger partial charge is 0.355 e. The van der Waals surface area contributed by atoms with Crippen molar-refractivity contribution < 1.29 is 13.6 Å². The number of hydrogen-bond acceptors (Lipinski definition) is 2. The molecule has 0 amide bonds. The first-order valence-electron chi connectivity index (χ1n) is 5.39. The first-order valence-corrected chi connectivity index (χ1v) is 5.39. The van der Waals surface area contributed by atoms with Gasteiger partial charge in [-0.25, -0.2) is 8.78 Å². The van der Waals surface area contributed by atoms with Gasteiger partial charge in [0, 0.05) is 16.9 Å². The van der Waals surface area contributed by atoms with Gasteiger partial charge >= 0.3 is 0 Å². The second-order valence-corrected chi connectivity index (χ2v) is 3.92. The molecular formula is C14H11F2NO. The van der Waals surface area contributed by atoms with Crippen molar-refractivity contribution in [2.24, 2.45) is 0 Å². The third-order valence-electron chi connectivity index (χ3n) is 2.42. The van der Waals surface area contributed by atoms with Gasteiger partial charge in [0.15, 0.2) is 5.78 Å². The van der Waals surface area contributed by atoms with Crippen LogP contribution >= 0.6 is 0 Å². The number of halogens is 2. The topological polar surface area (TPSA) is 29.1 Å². The molecule has 92 valence electrons. The number of ketones is 1. The van der Waals surface area contributed by atoms with E-state index in [9.17, 15) is 13.6 Å². The maximum Gasteiger partial charge on any atom is 0.159 e. The van der Waals surface area contributed by atoms with E-state index in [0.29, 0.717) is 11.4 Å². The number of nitrogens with one attached hydrogen (secondary N) is 1. The predicted molar refractivity (Wildman–Crippen MR) is 66.1 cm³/mol. The van der Waals surface area contributed by atoms with E-state index in [4.69, 9.17) is 0 Å². The molecule has 0 fully saturated rings. The lowest BCUT2D eigenvalue weighted by Gasteiger charge is -2.08. The Balaban J connectivity index is 2.31. The van der Waals surface area contributed by atoms with Crippen LogP contribution in [0.2, 0.25) is 0 Å². The van der Waals surface area contributed by atoms with Gasteiger partial charge in [0.1, 0.15) is 11.6 Å². The van der Waals surface area contributed by atoms with Crippen LogP contribution in [0.25, 0.3) is 0 Å². The maximum atomic E-state index is 13.3. The molecule has 0 saturated carbocycles. The average molecular weight is 247 g/mol. The van der Waals surface area contributed by atoms with Crippen molar-refractivity contribution in [1.29, 1.82) is 0 Å². The lowest BCUT2D eigenvalue weighted by atomic mass is 10.1. The number of benzene rings is 2. The third-order valence-corrected chi connectivity index (χ3v) is 2.42. The van der Waals surface area contributed by atoms with Crippen LogP contribution in [0.4, 0.5) is 20.2 Å². The molecule has 18 heavy (non-hydrogen) atoms. The Kier molecular flexibility index (Phi) is 3.37. The van der Waals surface area contributed by atoms with Crippen LogP contribution in [-0.4, -0.2) is 5.78 Å². The van der Waals surface area contributed by atoms with Gasteiger partial charge in [0.05, 0.1) is 0 Å². The molecule has 4 heteroatoms. The number of Topliss-reactive ketones (excluding diaryl/α,β-unsaturated/α-hetero) is 1. The zero-order chi connectivity index (χ0) is 13.1. The number of rotatable bonds is 3. The standard InChI is InChI=1S/C14H11F2NO/c1-9(18)10-5-12(16)8-14(6-10)17-13-4-2-3-11(15)7-13/h2-8,17H,1H3. The lowest BCUT2D eigenvalue weighted by Crippen LogP contribution is -1.97. The summed E-state index contributed by atoms with van der Waals surface area (Å²) in [7, 11) is 0. The first kappa shape index (κ1) is 12.2. The quantitative estimate of drug-likeness (QED) is 0.833. The van der Waals surface area contributed by atoms with Gasteiger partial charge in [0.25, 0.3) is 0 Å². The van der Waals surface area contributed by atoms with E-state index in [2.05, 4.69) is 5.32 Å². The summed E-state index contributed by atoms with van der Waals surface area (Å²) < 4.78 is 26.3. The summed E-state index contributed by atoms with van der Waals surface area (Å²) in [6, 6.07) is 9.74. The number of anilines is 2. The molecule has 2 nitrogen and oxygen atoms in total. The molecule has 0 spiro atoms. The molecule has 0 atom stereocenters. The van der Waals surface area contributed by atoms with Gasteiger partial charge in [-0.3, -0.25) is 4.79 Å². The molecule has 0 unspecified atom stereocenters. The van der Waals surface area contributed by atoms with Crippen molar-refractivity contribution in [2.75, 3.05) is 5.32 Å². The molecule has 0 aliphatic heterocycles. The fraction of sp³-hybridized carbons (Fsp3) is 0.0714. The van der Waals surface area contributed by atoms with Crippen LogP contribution in [0.5, 0.6) is 0 Å².